The molecule has 1 aromatic rings. The van der Waals surface area contributed by atoms with Crippen LogP contribution in [0.25, 0.3) is 0 Å². The van der Waals surface area contributed by atoms with Gasteiger partial charge in [-0.3, -0.25) is 4.68 Å². The fourth-order valence-corrected chi connectivity index (χ4v) is 2.77. The Labute approximate surface area is 117 Å². The molecule has 0 aliphatic heterocycles. The number of hydrogen-bond acceptors (Lipinski definition) is 2. The zero-order chi connectivity index (χ0) is 14.2. The highest BCUT2D eigenvalue weighted by Crippen LogP contribution is 2.49. The van der Waals surface area contributed by atoms with E-state index in [1.54, 1.807) is 0 Å². The van der Waals surface area contributed by atoms with Gasteiger partial charge in [0.25, 0.3) is 0 Å². The van der Waals surface area contributed by atoms with Crippen LogP contribution in [0.3, 0.4) is 0 Å². The van der Waals surface area contributed by atoms with Crippen molar-refractivity contribution in [2.24, 2.45) is 18.9 Å². The molecule has 0 aromatic carbocycles. The van der Waals surface area contributed by atoms with Crippen molar-refractivity contribution in [1.82, 2.24) is 15.1 Å². The Morgan fingerprint density at radius 1 is 1.42 bits per heavy atom. The van der Waals surface area contributed by atoms with Crippen molar-refractivity contribution < 1.29 is 0 Å². The van der Waals surface area contributed by atoms with Gasteiger partial charge in [0.05, 0.1) is 5.69 Å². The summed E-state index contributed by atoms with van der Waals surface area (Å²) in [5.41, 5.74) is 2.91. The van der Waals surface area contributed by atoms with Crippen molar-refractivity contribution in [1.29, 1.82) is 0 Å². The Morgan fingerprint density at radius 2 is 2.11 bits per heavy atom. The van der Waals surface area contributed by atoms with Gasteiger partial charge in [0, 0.05) is 18.7 Å². The Hall–Kier alpha value is -0.830. The van der Waals surface area contributed by atoms with Gasteiger partial charge in [0.15, 0.2) is 0 Å². The Kier molecular flexibility index (Phi) is 4.05. The zero-order valence-corrected chi connectivity index (χ0v) is 13.3. The highest BCUT2D eigenvalue weighted by Gasteiger charge is 2.41. The van der Waals surface area contributed by atoms with Gasteiger partial charge in [-0.25, -0.2) is 0 Å². The number of nitrogens with zero attached hydrogens (tertiary/aromatic N) is 2. The second-order valence-electron chi connectivity index (χ2n) is 7.51. The summed E-state index contributed by atoms with van der Waals surface area (Å²) in [6, 6.07) is 0. The summed E-state index contributed by atoms with van der Waals surface area (Å²) in [4.78, 5) is 0. The Balaban J connectivity index is 1.97. The summed E-state index contributed by atoms with van der Waals surface area (Å²) in [6.07, 6.45) is 3.55. The SMILES string of the molecule is CC(C)CNCC1CC1c1cn(C)nc1C(C)(C)C. The van der Waals surface area contributed by atoms with E-state index < -0.39 is 0 Å². The van der Waals surface area contributed by atoms with Crippen molar-refractivity contribution in [2.45, 2.75) is 52.4 Å². The maximum absolute atomic E-state index is 4.68. The lowest BCUT2D eigenvalue weighted by Gasteiger charge is -2.17. The summed E-state index contributed by atoms with van der Waals surface area (Å²) in [6.45, 7) is 13.6. The number of nitrogens with one attached hydrogen (secondary N) is 1. The molecule has 2 unspecified atom stereocenters. The molecule has 19 heavy (non-hydrogen) atoms. The van der Waals surface area contributed by atoms with Crippen LogP contribution in [-0.4, -0.2) is 22.9 Å². The van der Waals surface area contributed by atoms with E-state index in [2.05, 4.69) is 51.2 Å². The minimum atomic E-state index is 0.148. The maximum atomic E-state index is 4.68. The molecule has 0 spiro atoms. The fourth-order valence-electron chi connectivity index (χ4n) is 2.77. The van der Waals surface area contributed by atoms with Crippen LogP contribution in [-0.2, 0) is 12.5 Å². The van der Waals surface area contributed by atoms with Crippen molar-refractivity contribution in [2.75, 3.05) is 13.1 Å². The van der Waals surface area contributed by atoms with Crippen LogP contribution in [0.1, 0.15) is 58.2 Å². The Morgan fingerprint density at radius 3 is 2.68 bits per heavy atom. The molecule has 0 bridgehead atoms. The largest absolute Gasteiger partial charge is 0.316 e. The van der Waals surface area contributed by atoms with Crippen LogP contribution in [0, 0.1) is 11.8 Å². The molecular formula is C16H29N3. The number of aromatic nitrogens is 2. The highest BCUT2D eigenvalue weighted by atomic mass is 15.3. The first-order chi connectivity index (χ1) is 8.79. The van der Waals surface area contributed by atoms with Crippen LogP contribution >= 0.6 is 0 Å². The molecule has 1 aromatic heterocycles. The fraction of sp³-hybridized carbons (Fsp3) is 0.812. The molecule has 1 aliphatic rings. The Bertz CT molecular complexity index is 426. The maximum Gasteiger partial charge on any atom is 0.0712 e. The van der Waals surface area contributed by atoms with Crippen LogP contribution in [0.2, 0.25) is 0 Å². The molecule has 0 saturated heterocycles. The van der Waals surface area contributed by atoms with E-state index in [0.717, 1.165) is 30.8 Å². The third-order valence-electron chi connectivity index (χ3n) is 3.85. The van der Waals surface area contributed by atoms with E-state index >= 15 is 0 Å². The molecule has 1 heterocycles. The van der Waals surface area contributed by atoms with Crippen LogP contribution in [0.5, 0.6) is 0 Å². The summed E-state index contributed by atoms with van der Waals surface area (Å²) in [5.74, 6) is 2.27. The molecule has 108 valence electrons. The standard InChI is InChI=1S/C16H29N3/c1-11(2)8-17-9-12-7-13(12)14-10-19(6)18-15(14)16(3,4)5/h10-13,17H,7-9H2,1-6H3. The minimum absolute atomic E-state index is 0.148. The zero-order valence-electron chi connectivity index (χ0n) is 13.3. The monoisotopic (exact) mass is 263 g/mol. The van der Waals surface area contributed by atoms with Gasteiger partial charge in [-0.2, -0.15) is 5.10 Å². The molecule has 3 heteroatoms. The van der Waals surface area contributed by atoms with Gasteiger partial charge >= 0.3 is 0 Å². The van der Waals surface area contributed by atoms with Gasteiger partial charge in [-0.05, 0) is 42.8 Å². The molecular weight excluding hydrogens is 234 g/mol. The number of rotatable bonds is 5. The molecule has 2 rings (SSSR count). The van der Waals surface area contributed by atoms with Gasteiger partial charge < -0.3 is 5.32 Å². The molecule has 1 saturated carbocycles. The second kappa shape index (κ2) is 5.28. The van der Waals surface area contributed by atoms with Crippen LogP contribution in [0.4, 0.5) is 0 Å². The first kappa shape index (κ1) is 14.6. The predicted molar refractivity (Wildman–Crippen MR) is 80.5 cm³/mol. The molecule has 0 radical (unpaired) electrons. The summed E-state index contributed by atoms with van der Waals surface area (Å²) in [5, 5.41) is 8.27. The topological polar surface area (TPSA) is 29.9 Å². The molecule has 0 amide bonds. The minimum Gasteiger partial charge on any atom is -0.316 e. The number of aryl methyl sites for hydroxylation is 1. The second-order valence-corrected chi connectivity index (χ2v) is 7.51. The molecule has 2 atom stereocenters. The van der Waals surface area contributed by atoms with Crippen LogP contribution < -0.4 is 5.32 Å². The van der Waals surface area contributed by atoms with Crippen molar-refractivity contribution in [3.8, 4) is 0 Å². The van der Waals surface area contributed by atoms with Crippen molar-refractivity contribution in [3.63, 3.8) is 0 Å². The predicted octanol–water partition coefficient (Wildman–Crippen LogP) is 3.07. The lowest BCUT2D eigenvalue weighted by molar-refractivity contribution is 0.528. The average Bonchev–Trinajstić information content (AvgIpc) is 2.90. The summed E-state index contributed by atoms with van der Waals surface area (Å²) >= 11 is 0. The molecule has 1 fully saturated rings. The number of hydrogen-bond donors (Lipinski definition) is 1. The smallest absolute Gasteiger partial charge is 0.0712 e. The van der Waals surface area contributed by atoms with Gasteiger partial charge in [-0.15, -0.1) is 0 Å². The van der Waals surface area contributed by atoms with Crippen LogP contribution in [0.15, 0.2) is 6.20 Å². The third-order valence-corrected chi connectivity index (χ3v) is 3.85. The first-order valence-electron chi connectivity index (χ1n) is 7.53. The van der Waals surface area contributed by atoms with E-state index in [0.29, 0.717) is 0 Å². The summed E-state index contributed by atoms with van der Waals surface area (Å²) in [7, 11) is 2.03. The van der Waals surface area contributed by atoms with Gasteiger partial charge in [0.2, 0.25) is 0 Å². The van der Waals surface area contributed by atoms with Gasteiger partial charge in [-0.1, -0.05) is 34.6 Å². The highest BCUT2D eigenvalue weighted by molar-refractivity contribution is 5.32. The van der Waals surface area contributed by atoms with E-state index in [4.69, 9.17) is 0 Å². The van der Waals surface area contributed by atoms with E-state index in [9.17, 15) is 0 Å². The van der Waals surface area contributed by atoms with E-state index in [1.165, 1.54) is 17.7 Å². The molecule has 1 N–H and O–H groups in total. The molecule has 3 nitrogen and oxygen atoms in total. The third kappa shape index (κ3) is 3.59. The van der Waals surface area contributed by atoms with Crippen molar-refractivity contribution in [3.05, 3.63) is 17.5 Å². The first-order valence-corrected chi connectivity index (χ1v) is 7.53. The lowest BCUT2D eigenvalue weighted by atomic mass is 9.88. The average molecular weight is 263 g/mol. The summed E-state index contributed by atoms with van der Waals surface area (Å²) < 4.78 is 1.98. The lowest BCUT2D eigenvalue weighted by Crippen LogP contribution is -2.22. The van der Waals surface area contributed by atoms with E-state index in [1.807, 2.05) is 11.7 Å². The normalized spacial score (nSPS) is 23.1. The van der Waals surface area contributed by atoms with Gasteiger partial charge in [0.1, 0.15) is 0 Å². The molecule has 1 aliphatic carbocycles. The van der Waals surface area contributed by atoms with Crippen molar-refractivity contribution >= 4 is 0 Å². The quantitative estimate of drug-likeness (QED) is 0.885. The van der Waals surface area contributed by atoms with E-state index in [-0.39, 0.29) is 5.41 Å².